The fraction of sp³-hybridized carbons (Fsp3) is 0.421. The van der Waals surface area contributed by atoms with Crippen molar-refractivity contribution in [1.82, 2.24) is 9.13 Å². The van der Waals surface area contributed by atoms with Crippen molar-refractivity contribution >= 4 is 5.82 Å². The molecule has 0 aliphatic rings. The maximum atomic E-state index is 12.2. The average molecular weight is 356 g/mol. The number of hydrogen-bond acceptors (Lipinski definition) is 5. The largest absolute Gasteiger partial charge is 0.488 e. The minimum absolute atomic E-state index is 0.0972. The number of nitriles is 1. The van der Waals surface area contributed by atoms with E-state index in [-0.39, 0.29) is 17.0 Å². The molecule has 0 saturated heterocycles. The van der Waals surface area contributed by atoms with Crippen LogP contribution in [0.2, 0.25) is 0 Å². The molecule has 0 fully saturated rings. The Hall–Kier alpha value is -3.01. The number of benzene rings is 1. The summed E-state index contributed by atoms with van der Waals surface area (Å²) in [4.78, 5) is 24.3. The zero-order valence-electron chi connectivity index (χ0n) is 16.0. The fourth-order valence-corrected chi connectivity index (χ4v) is 2.56. The third-order valence-electron chi connectivity index (χ3n) is 3.86. The van der Waals surface area contributed by atoms with Crippen molar-refractivity contribution in [3.8, 4) is 11.8 Å². The van der Waals surface area contributed by atoms with Gasteiger partial charge in [0, 0.05) is 26.2 Å². The summed E-state index contributed by atoms with van der Waals surface area (Å²) in [6.07, 6.45) is 0. The Morgan fingerprint density at radius 3 is 2.42 bits per heavy atom. The molecule has 1 aromatic carbocycles. The molecule has 2 rings (SSSR count). The molecular weight excluding hydrogens is 332 g/mol. The van der Waals surface area contributed by atoms with Crippen LogP contribution in [0.3, 0.4) is 0 Å². The van der Waals surface area contributed by atoms with Crippen molar-refractivity contribution in [2.75, 3.05) is 5.32 Å². The predicted octanol–water partition coefficient (Wildman–Crippen LogP) is 2.05. The molecule has 1 aromatic heterocycles. The molecule has 7 heteroatoms. The topological polar surface area (TPSA) is 89.0 Å². The van der Waals surface area contributed by atoms with E-state index in [2.05, 4.69) is 5.32 Å². The molecule has 1 heterocycles. The zero-order chi connectivity index (χ0) is 19.6. The van der Waals surface area contributed by atoms with Gasteiger partial charge in [0.1, 0.15) is 23.2 Å². The Bertz CT molecular complexity index is 988. The molecule has 0 spiro atoms. The van der Waals surface area contributed by atoms with Gasteiger partial charge >= 0.3 is 5.69 Å². The molecule has 0 atom stereocenters. The van der Waals surface area contributed by atoms with Gasteiger partial charge in [-0.3, -0.25) is 13.9 Å². The average Bonchev–Trinajstić information content (AvgIpc) is 2.55. The van der Waals surface area contributed by atoms with Crippen LogP contribution in [0.5, 0.6) is 5.75 Å². The number of aryl methyl sites for hydroxylation is 1. The monoisotopic (exact) mass is 356 g/mol. The van der Waals surface area contributed by atoms with Crippen LogP contribution in [-0.2, 0) is 20.6 Å². The Labute approximate surface area is 152 Å². The standard InChI is InChI=1S/C19H24N4O3/c1-12-7-8-13(15(9-12)26-19(2,3)4)11-21-16-14(10-20)17(24)23(6)18(25)22(16)5/h7-9,21H,11H2,1-6H3. The van der Waals surface area contributed by atoms with Gasteiger partial charge in [0.2, 0.25) is 0 Å². The van der Waals surface area contributed by atoms with E-state index < -0.39 is 11.2 Å². The van der Waals surface area contributed by atoms with Crippen LogP contribution in [0, 0.1) is 18.3 Å². The number of nitrogens with one attached hydrogen (secondary N) is 1. The molecule has 0 aliphatic heterocycles. The van der Waals surface area contributed by atoms with Gasteiger partial charge in [0.15, 0.2) is 5.56 Å². The van der Waals surface area contributed by atoms with Crippen molar-refractivity contribution in [3.63, 3.8) is 0 Å². The fourth-order valence-electron chi connectivity index (χ4n) is 2.56. The van der Waals surface area contributed by atoms with Crippen LogP contribution in [0.1, 0.15) is 37.5 Å². The second kappa shape index (κ2) is 7.08. The van der Waals surface area contributed by atoms with E-state index in [0.29, 0.717) is 6.54 Å². The van der Waals surface area contributed by atoms with E-state index in [1.165, 1.54) is 18.7 Å². The van der Waals surface area contributed by atoms with Gasteiger partial charge in [0.05, 0.1) is 0 Å². The summed E-state index contributed by atoms with van der Waals surface area (Å²) < 4.78 is 8.20. The van der Waals surface area contributed by atoms with Crippen LogP contribution in [-0.4, -0.2) is 14.7 Å². The lowest BCUT2D eigenvalue weighted by Crippen LogP contribution is -2.39. The summed E-state index contributed by atoms with van der Waals surface area (Å²) in [5.74, 6) is 0.917. The van der Waals surface area contributed by atoms with Crippen LogP contribution in [0.25, 0.3) is 0 Å². The van der Waals surface area contributed by atoms with Crippen molar-refractivity contribution < 1.29 is 4.74 Å². The van der Waals surface area contributed by atoms with Crippen LogP contribution < -0.4 is 21.3 Å². The lowest BCUT2D eigenvalue weighted by Gasteiger charge is -2.24. The lowest BCUT2D eigenvalue weighted by molar-refractivity contribution is 0.129. The van der Waals surface area contributed by atoms with Gasteiger partial charge in [0.25, 0.3) is 5.56 Å². The molecule has 7 nitrogen and oxygen atoms in total. The molecule has 26 heavy (non-hydrogen) atoms. The zero-order valence-corrected chi connectivity index (χ0v) is 16.0. The molecule has 138 valence electrons. The van der Waals surface area contributed by atoms with Crippen LogP contribution >= 0.6 is 0 Å². The number of anilines is 1. The predicted molar refractivity (Wildman–Crippen MR) is 101 cm³/mol. The summed E-state index contributed by atoms with van der Waals surface area (Å²) in [6, 6.07) is 7.71. The summed E-state index contributed by atoms with van der Waals surface area (Å²) >= 11 is 0. The van der Waals surface area contributed by atoms with E-state index in [9.17, 15) is 14.9 Å². The Kier molecular flexibility index (Phi) is 5.26. The Balaban J connectivity index is 2.44. The number of nitrogens with zero attached hydrogens (tertiary/aromatic N) is 3. The highest BCUT2D eigenvalue weighted by Gasteiger charge is 2.18. The van der Waals surface area contributed by atoms with Crippen molar-refractivity contribution in [3.05, 3.63) is 55.7 Å². The Morgan fingerprint density at radius 2 is 1.85 bits per heavy atom. The summed E-state index contributed by atoms with van der Waals surface area (Å²) in [5.41, 5.74) is 0.351. The van der Waals surface area contributed by atoms with Gasteiger partial charge in [-0.25, -0.2) is 4.79 Å². The third kappa shape index (κ3) is 3.97. The third-order valence-corrected chi connectivity index (χ3v) is 3.86. The van der Waals surface area contributed by atoms with Gasteiger partial charge in [-0.15, -0.1) is 0 Å². The summed E-state index contributed by atoms with van der Waals surface area (Å²) in [6.45, 7) is 8.17. The molecule has 0 unspecified atom stereocenters. The summed E-state index contributed by atoms with van der Waals surface area (Å²) in [5, 5.41) is 12.4. The van der Waals surface area contributed by atoms with E-state index in [1.54, 1.807) is 0 Å². The highest BCUT2D eigenvalue weighted by Crippen LogP contribution is 2.25. The maximum Gasteiger partial charge on any atom is 0.332 e. The van der Waals surface area contributed by atoms with Crippen LogP contribution in [0.4, 0.5) is 5.82 Å². The molecule has 0 radical (unpaired) electrons. The number of aromatic nitrogens is 2. The molecule has 1 N–H and O–H groups in total. The highest BCUT2D eigenvalue weighted by molar-refractivity contribution is 5.52. The molecule has 0 saturated carbocycles. The molecule has 2 aromatic rings. The van der Waals surface area contributed by atoms with E-state index >= 15 is 0 Å². The second-order valence-corrected chi connectivity index (χ2v) is 7.22. The number of rotatable bonds is 4. The molecular formula is C19H24N4O3. The number of ether oxygens (including phenoxy) is 1. The van der Waals surface area contributed by atoms with Gasteiger partial charge < -0.3 is 10.1 Å². The van der Waals surface area contributed by atoms with Gasteiger partial charge in [-0.2, -0.15) is 5.26 Å². The molecule has 0 bridgehead atoms. The summed E-state index contributed by atoms with van der Waals surface area (Å²) in [7, 11) is 2.87. The second-order valence-electron chi connectivity index (χ2n) is 7.22. The van der Waals surface area contributed by atoms with Crippen LogP contribution in [0.15, 0.2) is 27.8 Å². The first-order valence-corrected chi connectivity index (χ1v) is 8.27. The smallest absolute Gasteiger partial charge is 0.332 e. The highest BCUT2D eigenvalue weighted by atomic mass is 16.5. The normalized spacial score (nSPS) is 11.1. The molecule has 0 amide bonds. The van der Waals surface area contributed by atoms with Crippen molar-refractivity contribution in [2.45, 2.75) is 39.8 Å². The van der Waals surface area contributed by atoms with E-state index in [0.717, 1.165) is 21.4 Å². The first-order valence-electron chi connectivity index (χ1n) is 8.27. The maximum absolute atomic E-state index is 12.2. The minimum atomic E-state index is -0.617. The lowest BCUT2D eigenvalue weighted by atomic mass is 10.1. The number of hydrogen-bond donors (Lipinski definition) is 1. The first-order chi connectivity index (χ1) is 12.0. The minimum Gasteiger partial charge on any atom is -0.488 e. The van der Waals surface area contributed by atoms with E-state index in [4.69, 9.17) is 4.74 Å². The van der Waals surface area contributed by atoms with Crippen molar-refractivity contribution in [2.24, 2.45) is 14.1 Å². The van der Waals surface area contributed by atoms with Gasteiger partial charge in [-0.05, 0) is 39.3 Å². The van der Waals surface area contributed by atoms with Crippen molar-refractivity contribution in [1.29, 1.82) is 5.26 Å². The van der Waals surface area contributed by atoms with E-state index in [1.807, 2.05) is 52.0 Å². The molecule has 0 aliphatic carbocycles. The first kappa shape index (κ1) is 19.3. The quantitative estimate of drug-likeness (QED) is 0.906. The van der Waals surface area contributed by atoms with Gasteiger partial charge in [-0.1, -0.05) is 12.1 Å². The SMILES string of the molecule is Cc1ccc(CNc2c(C#N)c(=O)n(C)c(=O)n2C)c(OC(C)(C)C)c1. The Morgan fingerprint density at radius 1 is 1.19 bits per heavy atom.